The fraction of sp³-hybridized carbons (Fsp3) is 0.300. The maximum Gasteiger partial charge on any atom is 0.412 e. The van der Waals surface area contributed by atoms with Crippen LogP contribution in [-0.4, -0.2) is 19.7 Å². The summed E-state index contributed by atoms with van der Waals surface area (Å²) in [6.45, 7) is 0.957. The molecule has 0 bridgehead atoms. The van der Waals surface area contributed by atoms with Gasteiger partial charge in [-0.15, -0.1) is 0 Å². The van der Waals surface area contributed by atoms with E-state index in [9.17, 15) is 4.79 Å². The third-order valence-corrected chi connectivity index (χ3v) is 2.20. The molecule has 0 fully saturated rings. The highest BCUT2D eigenvalue weighted by atomic mass is 16.5. The van der Waals surface area contributed by atoms with Crippen molar-refractivity contribution in [3.8, 4) is 5.75 Å². The molecule has 4 nitrogen and oxygen atoms in total. The molecule has 0 spiro atoms. The van der Waals surface area contributed by atoms with E-state index >= 15 is 0 Å². The SMILES string of the molecule is CNC(=O)Oc1ccc2c(c1)CCN2. The summed E-state index contributed by atoms with van der Waals surface area (Å²) < 4.78 is 5.01. The third-order valence-electron chi connectivity index (χ3n) is 2.20. The molecule has 0 aromatic heterocycles. The number of carbonyl (C=O) groups excluding carboxylic acids is 1. The van der Waals surface area contributed by atoms with Crippen LogP contribution in [0.15, 0.2) is 18.2 Å². The number of anilines is 1. The molecule has 14 heavy (non-hydrogen) atoms. The van der Waals surface area contributed by atoms with Gasteiger partial charge in [0.25, 0.3) is 0 Å². The predicted molar refractivity (Wildman–Crippen MR) is 53.7 cm³/mol. The maximum atomic E-state index is 10.9. The normalized spacial score (nSPS) is 12.9. The Labute approximate surface area is 82.3 Å². The minimum absolute atomic E-state index is 0.434. The number of benzene rings is 1. The van der Waals surface area contributed by atoms with E-state index < -0.39 is 6.09 Å². The number of rotatable bonds is 1. The first-order valence-electron chi connectivity index (χ1n) is 4.56. The summed E-state index contributed by atoms with van der Waals surface area (Å²) in [6, 6.07) is 5.61. The number of nitrogens with one attached hydrogen (secondary N) is 2. The highest BCUT2D eigenvalue weighted by Gasteiger charge is 2.11. The molecule has 0 aliphatic carbocycles. The number of hydrogen-bond acceptors (Lipinski definition) is 3. The van der Waals surface area contributed by atoms with E-state index in [-0.39, 0.29) is 0 Å². The Morgan fingerprint density at radius 3 is 3.21 bits per heavy atom. The van der Waals surface area contributed by atoms with Crippen LogP contribution in [0.5, 0.6) is 5.75 Å². The van der Waals surface area contributed by atoms with Gasteiger partial charge in [0.1, 0.15) is 5.75 Å². The van der Waals surface area contributed by atoms with Crippen molar-refractivity contribution in [3.63, 3.8) is 0 Å². The molecular formula is C10H12N2O2. The summed E-state index contributed by atoms with van der Waals surface area (Å²) in [5.41, 5.74) is 2.33. The van der Waals surface area contributed by atoms with Crippen molar-refractivity contribution in [2.24, 2.45) is 0 Å². The number of ether oxygens (including phenoxy) is 1. The van der Waals surface area contributed by atoms with Gasteiger partial charge in [0, 0.05) is 19.3 Å². The number of carbonyl (C=O) groups is 1. The first-order valence-corrected chi connectivity index (χ1v) is 4.56. The highest BCUT2D eigenvalue weighted by Crippen LogP contribution is 2.26. The van der Waals surface area contributed by atoms with E-state index in [1.807, 2.05) is 12.1 Å². The second-order valence-corrected chi connectivity index (χ2v) is 3.14. The van der Waals surface area contributed by atoms with E-state index in [0.29, 0.717) is 5.75 Å². The van der Waals surface area contributed by atoms with Crippen LogP contribution in [0.1, 0.15) is 5.56 Å². The highest BCUT2D eigenvalue weighted by molar-refractivity contribution is 5.70. The Morgan fingerprint density at radius 2 is 2.43 bits per heavy atom. The molecule has 1 aliphatic heterocycles. The van der Waals surface area contributed by atoms with Gasteiger partial charge in [0.05, 0.1) is 0 Å². The molecule has 2 rings (SSSR count). The monoisotopic (exact) mass is 192 g/mol. The molecule has 1 heterocycles. The fourth-order valence-electron chi connectivity index (χ4n) is 1.50. The van der Waals surface area contributed by atoms with Gasteiger partial charge in [0.15, 0.2) is 0 Å². The molecule has 0 unspecified atom stereocenters. The fourth-order valence-corrected chi connectivity index (χ4v) is 1.50. The molecule has 0 radical (unpaired) electrons. The average molecular weight is 192 g/mol. The molecule has 1 aromatic carbocycles. The van der Waals surface area contributed by atoms with Crippen LogP contribution in [0, 0.1) is 0 Å². The van der Waals surface area contributed by atoms with Gasteiger partial charge in [-0.2, -0.15) is 0 Å². The van der Waals surface area contributed by atoms with E-state index in [1.54, 1.807) is 6.07 Å². The maximum absolute atomic E-state index is 10.9. The van der Waals surface area contributed by atoms with E-state index in [2.05, 4.69) is 10.6 Å². The van der Waals surface area contributed by atoms with Crippen molar-refractivity contribution in [1.82, 2.24) is 5.32 Å². The Morgan fingerprint density at radius 1 is 1.57 bits per heavy atom. The van der Waals surface area contributed by atoms with Crippen molar-refractivity contribution in [3.05, 3.63) is 23.8 Å². The van der Waals surface area contributed by atoms with Crippen LogP contribution in [0.4, 0.5) is 10.5 Å². The molecule has 4 heteroatoms. The van der Waals surface area contributed by atoms with Crippen molar-refractivity contribution in [2.45, 2.75) is 6.42 Å². The first-order chi connectivity index (χ1) is 6.79. The quantitative estimate of drug-likeness (QED) is 0.706. The van der Waals surface area contributed by atoms with Crippen LogP contribution < -0.4 is 15.4 Å². The van der Waals surface area contributed by atoms with Crippen LogP contribution in [-0.2, 0) is 6.42 Å². The molecule has 1 amide bonds. The first kappa shape index (κ1) is 8.87. The largest absolute Gasteiger partial charge is 0.412 e. The van der Waals surface area contributed by atoms with Crippen LogP contribution in [0.25, 0.3) is 0 Å². The third kappa shape index (κ3) is 1.64. The zero-order valence-electron chi connectivity index (χ0n) is 7.96. The molecule has 1 aliphatic rings. The summed E-state index contributed by atoms with van der Waals surface area (Å²) in [5.74, 6) is 0.590. The lowest BCUT2D eigenvalue weighted by atomic mass is 10.1. The molecule has 0 atom stereocenters. The smallest absolute Gasteiger partial charge is 0.410 e. The molecule has 74 valence electrons. The molecule has 2 N–H and O–H groups in total. The van der Waals surface area contributed by atoms with Gasteiger partial charge < -0.3 is 15.4 Å². The zero-order chi connectivity index (χ0) is 9.97. The van der Waals surface area contributed by atoms with E-state index in [0.717, 1.165) is 18.7 Å². The van der Waals surface area contributed by atoms with E-state index in [1.165, 1.54) is 12.6 Å². The topological polar surface area (TPSA) is 50.4 Å². The van der Waals surface area contributed by atoms with Gasteiger partial charge in [0.2, 0.25) is 0 Å². The average Bonchev–Trinajstić information content (AvgIpc) is 2.64. The lowest BCUT2D eigenvalue weighted by Gasteiger charge is -2.05. The number of amides is 1. The number of hydrogen-bond donors (Lipinski definition) is 2. The van der Waals surface area contributed by atoms with Crippen molar-refractivity contribution in [2.75, 3.05) is 18.9 Å². The van der Waals surface area contributed by atoms with Crippen LogP contribution >= 0.6 is 0 Å². The second-order valence-electron chi connectivity index (χ2n) is 3.14. The van der Waals surface area contributed by atoms with Gasteiger partial charge >= 0.3 is 6.09 Å². The molecule has 0 saturated carbocycles. The molecule has 0 saturated heterocycles. The van der Waals surface area contributed by atoms with Crippen molar-refractivity contribution < 1.29 is 9.53 Å². The minimum atomic E-state index is -0.434. The predicted octanol–water partition coefficient (Wildman–Crippen LogP) is 1.37. The Bertz CT molecular complexity index is 363. The number of fused-ring (bicyclic) bond motifs is 1. The van der Waals surface area contributed by atoms with Crippen LogP contribution in [0.2, 0.25) is 0 Å². The van der Waals surface area contributed by atoms with Gasteiger partial charge in [-0.1, -0.05) is 0 Å². The van der Waals surface area contributed by atoms with E-state index in [4.69, 9.17) is 4.74 Å². The Kier molecular flexibility index (Phi) is 2.26. The standard InChI is InChI=1S/C10H12N2O2/c1-11-10(13)14-8-2-3-9-7(6-8)4-5-12-9/h2-3,6,12H,4-5H2,1H3,(H,11,13). The second kappa shape index (κ2) is 3.57. The van der Waals surface area contributed by atoms with Crippen LogP contribution in [0.3, 0.4) is 0 Å². The Balaban J connectivity index is 2.16. The molecular weight excluding hydrogens is 180 g/mol. The summed E-state index contributed by atoms with van der Waals surface area (Å²) in [6.07, 6.45) is 0.552. The molecule has 1 aromatic rings. The van der Waals surface area contributed by atoms with Gasteiger partial charge in [-0.25, -0.2) is 4.79 Å². The van der Waals surface area contributed by atoms with Gasteiger partial charge in [-0.05, 0) is 30.2 Å². The summed E-state index contributed by atoms with van der Waals surface area (Å²) in [4.78, 5) is 10.9. The minimum Gasteiger partial charge on any atom is -0.410 e. The van der Waals surface area contributed by atoms with Crippen molar-refractivity contribution >= 4 is 11.8 Å². The Hall–Kier alpha value is -1.71. The zero-order valence-corrected chi connectivity index (χ0v) is 7.96. The van der Waals surface area contributed by atoms with Gasteiger partial charge in [-0.3, -0.25) is 0 Å². The van der Waals surface area contributed by atoms with Crippen molar-refractivity contribution in [1.29, 1.82) is 0 Å². The summed E-state index contributed by atoms with van der Waals surface area (Å²) in [5, 5.41) is 5.64. The summed E-state index contributed by atoms with van der Waals surface area (Å²) >= 11 is 0. The summed E-state index contributed by atoms with van der Waals surface area (Å²) in [7, 11) is 1.54. The lowest BCUT2D eigenvalue weighted by molar-refractivity contribution is 0.203. The lowest BCUT2D eigenvalue weighted by Crippen LogP contribution is -2.22.